The summed E-state index contributed by atoms with van der Waals surface area (Å²) in [7, 11) is 3.10. The van der Waals surface area contributed by atoms with E-state index in [1.165, 1.54) is 0 Å². The van der Waals surface area contributed by atoms with Crippen molar-refractivity contribution in [1.29, 1.82) is 5.41 Å². The average molecular weight is 450 g/mol. The summed E-state index contributed by atoms with van der Waals surface area (Å²) >= 11 is 5.43. The van der Waals surface area contributed by atoms with Crippen LogP contribution < -0.4 is 20.3 Å². The zero-order chi connectivity index (χ0) is 22.7. The van der Waals surface area contributed by atoms with Crippen molar-refractivity contribution in [3.8, 4) is 22.8 Å². The molecule has 0 fully saturated rings. The van der Waals surface area contributed by atoms with Crippen LogP contribution in [-0.2, 0) is 6.54 Å². The van der Waals surface area contributed by atoms with Crippen LogP contribution >= 0.6 is 12.2 Å². The summed E-state index contributed by atoms with van der Waals surface area (Å²) in [6.07, 6.45) is 0. The molecule has 0 atom stereocenters. The van der Waals surface area contributed by atoms with E-state index in [0.29, 0.717) is 46.0 Å². The number of fused-ring (bicyclic) bond motifs is 1. The number of methoxy groups -OCH3 is 2. The van der Waals surface area contributed by atoms with Crippen LogP contribution in [-0.4, -0.2) is 41.2 Å². The molecule has 164 valence electrons. The predicted molar refractivity (Wildman–Crippen MR) is 125 cm³/mol. The van der Waals surface area contributed by atoms with E-state index in [1.54, 1.807) is 37.0 Å². The van der Waals surface area contributed by atoms with E-state index in [4.69, 9.17) is 27.1 Å². The maximum atomic E-state index is 12.6. The molecule has 0 aliphatic heterocycles. The highest BCUT2D eigenvalue weighted by atomic mass is 32.1. The highest BCUT2D eigenvalue weighted by Crippen LogP contribution is 2.29. The fourth-order valence-corrected chi connectivity index (χ4v) is 3.80. The number of H-pyrrole nitrogens is 2. The molecule has 2 aromatic heterocycles. The van der Waals surface area contributed by atoms with E-state index in [1.807, 2.05) is 36.4 Å². The van der Waals surface area contributed by atoms with Crippen LogP contribution in [0.25, 0.3) is 22.2 Å². The number of carbonyl (C=O) groups is 1. The summed E-state index contributed by atoms with van der Waals surface area (Å²) in [6, 6.07) is 16.9. The first-order valence-corrected chi connectivity index (χ1v) is 10.4. The van der Waals surface area contributed by atoms with Gasteiger partial charge in [-0.3, -0.25) is 10.2 Å². The van der Waals surface area contributed by atoms with Crippen LogP contribution in [0.15, 0.2) is 54.6 Å². The van der Waals surface area contributed by atoms with Gasteiger partial charge in [-0.25, -0.2) is 0 Å². The van der Waals surface area contributed by atoms with Gasteiger partial charge in [0.2, 0.25) is 0 Å². The van der Waals surface area contributed by atoms with Crippen LogP contribution in [0, 0.1) is 10.2 Å². The minimum absolute atomic E-state index is 0.221. The van der Waals surface area contributed by atoms with Crippen LogP contribution in [0.5, 0.6) is 11.5 Å². The van der Waals surface area contributed by atoms with Crippen LogP contribution in [0.2, 0.25) is 0 Å². The number of ether oxygens (including phenoxy) is 2. The summed E-state index contributed by atoms with van der Waals surface area (Å²) in [5, 5.41) is 12.1. The monoisotopic (exact) mass is 449 g/mol. The van der Waals surface area contributed by atoms with Gasteiger partial charge in [0.15, 0.2) is 16.3 Å². The molecule has 0 radical (unpaired) electrons. The van der Waals surface area contributed by atoms with E-state index < -0.39 is 0 Å². The van der Waals surface area contributed by atoms with Crippen molar-refractivity contribution < 1.29 is 14.3 Å². The second-order valence-corrected chi connectivity index (χ2v) is 7.48. The Hall–Kier alpha value is -3.85. The van der Waals surface area contributed by atoms with E-state index in [0.717, 1.165) is 11.3 Å². The third-order valence-corrected chi connectivity index (χ3v) is 5.49. The first kappa shape index (κ1) is 21.4. The molecule has 0 unspecified atom stereocenters. The minimum atomic E-state index is -0.221. The molecule has 0 spiro atoms. The van der Waals surface area contributed by atoms with Gasteiger partial charge in [0, 0.05) is 30.2 Å². The molecule has 8 nitrogen and oxygen atoms in total. The SMILES string of the molecule is COc1cc2[nH]c(=S)n(CCNC(=O)c3ccc(-c4ccccc4)[nH]3)c(=N)c2cc1OC. The van der Waals surface area contributed by atoms with Gasteiger partial charge < -0.3 is 29.3 Å². The summed E-state index contributed by atoms with van der Waals surface area (Å²) in [5.41, 5.74) is 3.26. The molecule has 4 N–H and O–H groups in total. The Morgan fingerprint density at radius 2 is 1.78 bits per heavy atom. The number of amides is 1. The van der Waals surface area contributed by atoms with Crippen molar-refractivity contribution in [2.45, 2.75) is 6.54 Å². The number of rotatable bonds is 7. The smallest absolute Gasteiger partial charge is 0.267 e. The molecule has 0 bridgehead atoms. The molecule has 2 heterocycles. The first-order chi connectivity index (χ1) is 15.5. The molecule has 0 aliphatic carbocycles. The van der Waals surface area contributed by atoms with E-state index >= 15 is 0 Å². The van der Waals surface area contributed by atoms with Crippen molar-refractivity contribution in [2.75, 3.05) is 20.8 Å². The van der Waals surface area contributed by atoms with Gasteiger partial charge in [0.05, 0.1) is 19.7 Å². The number of nitrogens with one attached hydrogen (secondary N) is 4. The molecule has 2 aromatic carbocycles. The van der Waals surface area contributed by atoms with Gasteiger partial charge in [0.1, 0.15) is 11.2 Å². The summed E-state index contributed by atoms with van der Waals surface area (Å²) in [4.78, 5) is 18.8. The minimum Gasteiger partial charge on any atom is -0.493 e. The molecule has 0 aliphatic rings. The van der Waals surface area contributed by atoms with E-state index in [2.05, 4.69) is 15.3 Å². The number of hydrogen-bond acceptors (Lipinski definition) is 5. The second kappa shape index (κ2) is 9.11. The largest absolute Gasteiger partial charge is 0.493 e. The van der Waals surface area contributed by atoms with Crippen molar-refractivity contribution in [3.63, 3.8) is 0 Å². The number of hydrogen-bond donors (Lipinski definition) is 4. The van der Waals surface area contributed by atoms with Crippen molar-refractivity contribution in [2.24, 2.45) is 0 Å². The second-order valence-electron chi connectivity index (χ2n) is 7.09. The number of aromatic nitrogens is 3. The molecular formula is C23H23N5O3S. The Morgan fingerprint density at radius 1 is 1.06 bits per heavy atom. The average Bonchev–Trinajstić information content (AvgIpc) is 3.31. The molecule has 0 saturated carbocycles. The summed E-state index contributed by atoms with van der Waals surface area (Å²) in [6.45, 7) is 0.655. The highest BCUT2D eigenvalue weighted by Gasteiger charge is 2.12. The Labute approximate surface area is 189 Å². The Balaban J connectivity index is 1.50. The van der Waals surface area contributed by atoms with Crippen molar-refractivity contribution >= 4 is 29.0 Å². The maximum Gasteiger partial charge on any atom is 0.267 e. The van der Waals surface area contributed by atoms with Crippen LogP contribution in [0.3, 0.4) is 0 Å². The number of benzene rings is 2. The zero-order valence-electron chi connectivity index (χ0n) is 17.7. The van der Waals surface area contributed by atoms with Gasteiger partial charge in [-0.15, -0.1) is 0 Å². The third kappa shape index (κ3) is 4.15. The van der Waals surface area contributed by atoms with Gasteiger partial charge >= 0.3 is 0 Å². The standard InChI is InChI=1S/C23H23N5O3S/c1-30-19-12-15-18(13-20(19)31-2)27-23(32)28(21(15)24)11-10-25-22(29)17-9-8-16(26-17)14-6-4-3-5-7-14/h3-9,12-13,24,26H,10-11H2,1-2H3,(H,25,29)(H,27,32). The highest BCUT2D eigenvalue weighted by molar-refractivity contribution is 7.71. The third-order valence-electron chi connectivity index (χ3n) is 5.17. The molecule has 0 saturated heterocycles. The lowest BCUT2D eigenvalue weighted by atomic mass is 10.2. The normalized spacial score (nSPS) is 10.8. The van der Waals surface area contributed by atoms with E-state index in [9.17, 15) is 4.79 Å². The summed E-state index contributed by atoms with van der Waals surface area (Å²) in [5.74, 6) is 0.858. The van der Waals surface area contributed by atoms with Gasteiger partial charge in [0.25, 0.3) is 5.91 Å². The van der Waals surface area contributed by atoms with E-state index in [-0.39, 0.29) is 11.4 Å². The Morgan fingerprint density at radius 3 is 2.50 bits per heavy atom. The fourth-order valence-electron chi connectivity index (χ4n) is 3.51. The first-order valence-electron chi connectivity index (χ1n) is 9.98. The number of aromatic amines is 2. The topological polar surface area (TPSA) is 108 Å². The zero-order valence-corrected chi connectivity index (χ0v) is 18.5. The maximum absolute atomic E-state index is 12.6. The summed E-state index contributed by atoms with van der Waals surface area (Å²) < 4.78 is 12.7. The molecule has 32 heavy (non-hydrogen) atoms. The molecule has 9 heteroatoms. The van der Waals surface area contributed by atoms with Crippen molar-refractivity contribution in [1.82, 2.24) is 19.9 Å². The van der Waals surface area contributed by atoms with Gasteiger partial charge in [-0.2, -0.15) is 0 Å². The lowest BCUT2D eigenvalue weighted by molar-refractivity contribution is 0.0947. The van der Waals surface area contributed by atoms with Crippen LogP contribution in [0.1, 0.15) is 10.5 Å². The Kier molecular flexibility index (Phi) is 6.09. The van der Waals surface area contributed by atoms with Gasteiger partial charge in [-0.05, 0) is 36.0 Å². The number of carbonyl (C=O) groups excluding carboxylic acids is 1. The van der Waals surface area contributed by atoms with Gasteiger partial charge in [-0.1, -0.05) is 30.3 Å². The number of nitrogens with zero attached hydrogens (tertiary/aromatic N) is 1. The Bertz CT molecular complexity index is 1390. The quantitative estimate of drug-likeness (QED) is 0.323. The van der Waals surface area contributed by atoms with Crippen LogP contribution in [0.4, 0.5) is 0 Å². The van der Waals surface area contributed by atoms with Crippen molar-refractivity contribution in [3.05, 3.63) is 70.6 Å². The molecule has 4 aromatic rings. The fraction of sp³-hybridized carbons (Fsp3) is 0.174. The molecule has 4 rings (SSSR count). The molecule has 1 amide bonds. The predicted octanol–water partition coefficient (Wildman–Crippen LogP) is 3.62. The molecular weight excluding hydrogens is 426 g/mol. The lowest BCUT2D eigenvalue weighted by Gasteiger charge is -2.13. The lowest BCUT2D eigenvalue weighted by Crippen LogP contribution is -2.32.